The van der Waals surface area contributed by atoms with E-state index in [0.717, 1.165) is 0 Å². The Balaban J connectivity index is 2.03. The number of thiazole rings is 1. The van der Waals surface area contributed by atoms with E-state index in [2.05, 4.69) is 15.3 Å². The van der Waals surface area contributed by atoms with E-state index < -0.39 is 10.9 Å². The molecule has 2 aromatic rings. The second-order valence-electron chi connectivity index (χ2n) is 3.44. The van der Waals surface area contributed by atoms with Gasteiger partial charge in [-0.15, -0.1) is 11.3 Å². The number of rotatable bonds is 5. The number of aromatic nitrogens is 2. The van der Waals surface area contributed by atoms with Crippen LogP contribution in [0.1, 0.15) is 15.5 Å². The number of nitro groups is 1. The summed E-state index contributed by atoms with van der Waals surface area (Å²) in [6.07, 6.45) is 1.32. The first-order chi connectivity index (χ1) is 9.06. The van der Waals surface area contributed by atoms with Crippen LogP contribution < -0.4 is 5.32 Å². The fourth-order valence-electron chi connectivity index (χ4n) is 1.29. The molecule has 0 radical (unpaired) electrons. The minimum atomic E-state index is -1.09. The van der Waals surface area contributed by atoms with Crippen LogP contribution in [0.2, 0.25) is 0 Å². The number of hydrogen-bond acceptors (Lipinski definition) is 7. The monoisotopic (exact) mass is 280 g/mol. The molecule has 2 aromatic heterocycles. The predicted octanol–water partition coefficient (Wildman–Crippen LogP) is 1.76. The van der Waals surface area contributed by atoms with Gasteiger partial charge < -0.3 is 10.4 Å². The van der Waals surface area contributed by atoms with E-state index in [1.807, 2.05) is 0 Å². The molecule has 98 valence electrons. The second kappa shape index (κ2) is 5.40. The lowest BCUT2D eigenvalue weighted by Crippen LogP contribution is -2.03. The van der Waals surface area contributed by atoms with Crippen molar-refractivity contribution in [2.75, 3.05) is 5.32 Å². The van der Waals surface area contributed by atoms with Crippen molar-refractivity contribution in [3.8, 4) is 0 Å². The first-order valence-electron chi connectivity index (χ1n) is 5.08. The number of carboxylic acid groups (broad SMARTS) is 1. The van der Waals surface area contributed by atoms with Crippen LogP contribution in [0.5, 0.6) is 0 Å². The van der Waals surface area contributed by atoms with Crippen LogP contribution in [0.15, 0.2) is 23.7 Å². The molecular formula is C10H8N4O4S. The van der Waals surface area contributed by atoms with Gasteiger partial charge in [0.15, 0.2) is 5.69 Å². The third kappa shape index (κ3) is 3.22. The normalized spacial score (nSPS) is 10.1. The van der Waals surface area contributed by atoms with Crippen molar-refractivity contribution in [3.05, 3.63) is 44.5 Å². The average Bonchev–Trinajstić information content (AvgIpc) is 2.85. The van der Waals surface area contributed by atoms with Crippen LogP contribution in [0.4, 0.5) is 11.5 Å². The largest absolute Gasteiger partial charge is 0.476 e. The molecule has 0 amide bonds. The van der Waals surface area contributed by atoms with Gasteiger partial charge in [-0.3, -0.25) is 10.1 Å². The molecule has 2 heterocycles. The van der Waals surface area contributed by atoms with Crippen molar-refractivity contribution >= 4 is 28.8 Å². The van der Waals surface area contributed by atoms with Gasteiger partial charge in [-0.1, -0.05) is 0 Å². The van der Waals surface area contributed by atoms with E-state index in [1.54, 1.807) is 0 Å². The molecule has 9 heteroatoms. The molecule has 0 saturated carbocycles. The topological polar surface area (TPSA) is 118 Å². The van der Waals surface area contributed by atoms with Crippen LogP contribution in [0.3, 0.4) is 0 Å². The molecule has 0 atom stereocenters. The third-order valence-electron chi connectivity index (χ3n) is 2.15. The lowest BCUT2D eigenvalue weighted by atomic mass is 10.4. The highest BCUT2D eigenvalue weighted by Gasteiger charge is 2.10. The molecule has 2 rings (SSSR count). The first kappa shape index (κ1) is 12.9. The van der Waals surface area contributed by atoms with Gasteiger partial charge >= 0.3 is 5.97 Å². The summed E-state index contributed by atoms with van der Waals surface area (Å²) >= 11 is 1.19. The molecule has 0 bridgehead atoms. The molecule has 2 N–H and O–H groups in total. The van der Waals surface area contributed by atoms with Gasteiger partial charge in [-0.2, -0.15) is 0 Å². The minimum Gasteiger partial charge on any atom is -0.476 e. The molecule has 0 fully saturated rings. The molecule has 0 spiro atoms. The van der Waals surface area contributed by atoms with Crippen molar-refractivity contribution in [1.29, 1.82) is 0 Å². The van der Waals surface area contributed by atoms with Gasteiger partial charge in [0, 0.05) is 17.6 Å². The molecule has 0 saturated heterocycles. The summed E-state index contributed by atoms with van der Waals surface area (Å²) in [5.41, 5.74) is -0.0864. The molecule has 8 nitrogen and oxygen atoms in total. The molecule has 19 heavy (non-hydrogen) atoms. The maximum atomic E-state index is 10.6. The number of carbonyl (C=O) groups is 1. The van der Waals surface area contributed by atoms with E-state index in [-0.39, 0.29) is 17.9 Å². The van der Waals surface area contributed by atoms with Crippen molar-refractivity contribution < 1.29 is 14.8 Å². The number of carboxylic acids is 1. The van der Waals surface area contributed by atoms with Gasteiger partial charge in [0.05, 0.1) is 17.5 Å². The maximum Gasteiger partial charge on any atom is 0.355 e. The van der Waals surface area contributed by atoms with Crippen LogP contribution in [0.25, 0.3) is 0 Å². The molecule has 0 aliphatic carbocycles. The van der Waals surface area contributed by atoms with E-state index >= 15 is 0 Å². The van der Waals surface area contributed by atoms with Crippen molar-refractivity contribution in [1.82, 2.24) is 9.97 Å². The van der Waals surface area contributed by atoms with Gasteiger partial charge in [-0.05, 0) is 0 Å². The Morgan fingerprint density at radius 1 is 1.58 bits per heavy atom. The molecular weight excluding hydrogens is 272 g/mol. The molecule has 0 unspecified atom stereocenters. The zero-order chi connectivity index (χ0) is 13.8. The quantitative estimate of drug-likeness (QED) is 0.632. The van der Waals surface area contributed by atoms with Crippen LogP contribution in [0, 0.1) is 10.1 Å². The van der Waals surface area contributed by atoms with E-state index in [4.69, 9.17) is 5.11 Å². The lowest BCUT2D eigenvalue weighted by Gasteiger charge is -2.02. The standard InChI is InChI=1S/C10H8N4O4S/c15-10(16)7-5-19-9(13-7)4-12-8-3-6(14(17)18)1-2-11-8/h1-3,5H,4H2,(H,11,12)(H,15,16). The summed E-state index contributed by atoms with van der Waals surface area (Å²) in [6, 6.07) is 2.59. The predicted molar refractivity (Wildman–Crippen MR) is 67.3 cm³/mol. The van der Waals surface area contributed by atoms with Crippen molar-refractivity contribution in [2.24, 2.45) is 0 Å². The number of anilines is 1. The highest BCUT2D eigenvalue weighted by Crippen LogP contribution is 2.16. The summed E-state index contributed by atoms with van der Waals surface area (Å²) in [7, 11) is 0. The Kier molecular flexibility index (Phi) is 3.66. The maximum absolute atomic E-state index is 10.6. The number of hydrogen-bond donors (Lipinski definition) is 2. The summed E-state index contributed by atoms with van der Waals surface area (Å²) in [5.74, 6) is -0.753. The molecule has 0 aliphatic rings. The SMILES string of the molecule is O=C(O)c1csc(CNc2cc([N+](=O)[O-])ccn2)n1. The fraction of sp³-hybridized carbons (Fsp3) is 0.100. The van der Waals surface area contributed by atoms with Crippen molar-refractivity contribution in [3.63, 3.8) is 0 Å². The Hall–Kier alpha value is -2.55. The highest BCUT2D eigenvalue weighted by atomic mass is 32.1. The van der Waals surface area contributed by atoms with E-state index in [1.165, 1.54) is 35.0 Å². The van der Waals surface area contributed by atoms with Crippen LogP contribution >= 0.6 is 11.3 Å². The zero-order valence-corrected chi connectivity index (χ0v) is 10.3. The smallest absolute Gasteiger partial charge is 0.355 e. The Morgan fingerprint density at radius 3 is 3.00 bits per heavy atom. The summed E-state index contributed by atoms with van der Waals surface area (Å²) in [6.45, 7) is 0.256. The second-order valence-corrected chi connectivity index (χ2v) is 4.38. The third-order valence-corrected chi connectivity index (χ3v) is 2.99. The molecule has 0 aromatic carbocycles. The fourth-order valence-corrected chi connectivity index (χ4v) is 1.99. The van der Waals surface area contributed by atoms with Gasteiger partial charge in [0.1, 0.15) is 10.8 Å². The van der Waals surface area contributed by atoms with Crippen molar-refractivity contribution in [2.45, 2.75) is 6.54 Å². The summed E-state index contributed by atoms with van der Waals surface area (Å²) in [4.78, 5) is 28.5. The summed E-state index contributed by atoms with van der Waals surface area (Å²) < 4.78 is 0. The number of pyridine rings is 1. The van der Waals surface area contributed by atoms with E-state index in [0.29, 0.717) is 10.8 Å². The zero-order valence-electron chi connectivity index (χ0n) is 9.44. The minimum absolute atomic E-state index is 0.0196. The van der Waals surface area contributed by atoms with Crippen LogP contribution in [-0.4, -0.2) is 26.0 Å². The highest BCUT2D eigenvalue weighted by molar-refractivity contribution is 7.09. The number of nitrogens with zero attached hydrogens (tertiary/aromatic N) is 3. The Bertz CT molecular complexity index is 627. The van der Waals surface area contributed by atoms with Crippen LogP contribution in [-0.2, 0) is 6.54 Å². The van der Waals surface area contributed by atoms with Gasteiger partial charge in [-0.25, -0.2) is 14.8 Å². The number of aromatic carboxylic acids is 1. The number of nitrogens with one attached hydrogen (secondary N) is 1. The lowest BCUT2D eigenvalue weighted by molar-refractivity contribution is -0.384. The summed E-state index contributed by atoms with van der Waals surface area (Å²) in [5, 5.41) is 24.1. The van der Waals surface area contributed by atoms with E-state index in [9.17, 15) is 14.9 Å². The van der Waals surface area contributed by atoms with Gasteiger partial charge in [0.25, 0.3) is 5.69 Å². The Labute approximate surface area is 110 Å². The first-order valence-corrected chi connectivity index (χ1v) is 5.96. The average molecular weight is 280 g/mol. The van der Waals surface area contributed by atoms with Gasteiger partial charge in [0.2, 0.25) is 0 Å². The molecule has 0 aliphatic heterocycles. The Morgan fingerprint density at radius 2 is 2.37 bits per heavy atom.